The second kappa shape index (κ2) is 6.03. The summed E-state index contributed by atoms with van der Waals surface area (Å²) in [6.07, 6.45) is 0.335. The summed E-state index contributed by atoms with van der Waals surface area (Å²) in [4.78, 5) is 15.5. The van der Waals surface area contributed by atoms with Gasteiger partial charge in [0.25, 0.3) is 0 Å². The molecular formula is C14H15Cl2N3O2. The third kappa shape index (κ3) is 3.74. The third-order valence-electron chi connectivity index (χ3n) is 2.91. The topological polar surface area (TPSA) is 68.0 Å². The molecule has 0 saturated carbocycles. The number of aromatic nitrogens is 2. The molecule has 1 heterocycles. The molecule has 21 heavy (non-hydrogen) atoms. The number of halogens is 2. The lowest BCUT2D eigenvalue weighted by Crippen LogP contribution is -2.40. The summed E-state index contributed by atoms with van der Waals surface area (Å²) >= 11 is 12.2. The van der Waals surface area contributed by atoms with Gasteiger partial charge in [0.15, 0.2) is 5.82 Å². The SMILES string of the molecule is CC(=O)NC(C)(C)c1noc(Cc2c(Cl)cccc2Cl)n1. The van der Waals surface area contributed by atoms with Crippen LogP contribution >= 0.6 is 23.2 Å². The van der Waals surface area contributed by atoms with E-state index < -0.39 is 5.54 Å². The van der Waals surface area contributed by atoms with Crippen LogP contribution in [0.25, 0.3) is 0 Å². The van der Waals surface area contributed by atoms with Gasteiger partial charge in [-0.25, -0.2) is 0 Å². The summed E-state index contributed by atoms with van der Waals surface area (Å²) in [5.74, 6) is 0.620. The number of carbonyl (C=O) groups excluding carboxylic acids is 1. The van der Waals surface area contributed by atoms with Crippen LogP contribution in [0.15, 0.2) is 22.7 Å². The first-order valence-corrected chi connectivity index (χ1v) is 7.10. The Morgan fingerprint density at radius 1 is 1.33 bits per heavy atom. The molecule has 112 valence electrons. The Morgan fingerprint density at radius 3 is 2.52 bits per heavy atom. The Bertz CT molecular complexity index is 648. The number of nitrogens with one attached hydrogen (secondary N) is 1. The van der Waals surface area contributed by atoms with Crippen LogP contribution in [0.2, 0.25) is 10.0 Å². The zero-order valence-electron chi connectivity index (χ0n) is 11.9. The first kappa shape index (κ1) is 15.8. The number of amides is 1. The number of carbonyl (C=O) groups is 1. The van der Waals surface area contributed by atoms with Gasteiger partial charge < -0.3 is 9.84 Å². The predicted molar refractivity (Wildman–Crippen MR) is 80.4 cm³/mol. The van der Waals surface area contributed by atoms with Gasteiger partial charge in [-0.1, -0.05) is 34.4 Å². The van der Waals surface area contributed by atoms with E-state index in [2.05, 4.69) is 15.5 Å². The first-order valence-electron chi connectivity index (χ1n) is 6.34. The van der Waals surface area contributed by atoms with Crippen LogP contribution in [0.3, 0.4) is 0 Å². The minimum absolute atomic E-state index is 0.166. The summed E-state index contributed by atoms with van der Waals surface area (Å²) in [7, 11) is 0. The van der Waals surface area contributed by atoms with Crippen molar-refractivity contribution in [2.24, 2.45) is 0 Å². The van der Waals surface area contributed by atoms with E-state index in [1.54, 1.807) is 32.0 Å². The lowest BCUT2D eigenvalue weighted by molar-refractivity contribution is -0.120. The lowest BCUT2D eigenvalue weighted by atomic mass is 10.1. The number of rotatable bonds is 4. The summed E-state index contributed by atoms with van der Waals surface area (Å²) < 4.78 is 5.22. The van der Waals surface area contributed by atoms with E-state index in [0.717, 1.165) is 5.56 Å². The molecule has 7 heteroatoms. The van der Waals surface area contributed by atoms with Crippen LogP contribution in [0.4, 0.5) is 0 Å². The molecule has 2 rings (SSSR count). The highest BCUT2D eigenvalue weighted by atomic mass is 35.5. The van der Waals surface area contributed by atoms with Gasteiger partial charge in [0.1, 0.15) is 0 Å². The second-order valence-electron chi connectivity index (χ2n) is 5.19. The van der Waals surface area contributed by atoms with Crippen LogP contribution in [0.5, 0.6) is 0 Å². The maximum Gasteiger partial charge on any atom is 0.231 e. The Hall–Kier alpha value is -1.59. The molecule has 0 bridgehead atoms. The molecule has 0 radical (unpaired) electrons. The molecule has 0 spiro atoms. The quantitative estimate of drug-likeness (QED) is 0.935. The van der Waals surface area contributed by atoms with Crippen molar-refractivity contribution < 1.29 is 9.32 Å². The lowest BCUT2D eigenvalue weighted by Gasteiger charge is -2.20. The number of hydrogen-bond acceptors (Lipinski definition) is 4. The molecule has 0 fully saturated rings. The van der Waals surface area contributed by atoms with E-state index in [4.69, 9.17) is 27.7 Å². The van der Waals surface area contributed by atoms with Gasteiger partial charge in [0.2, 0.25) is 11.8 Å². The highest BCUT2D eigenvalue weighted by Crippen LogP contribution is 2.27. The van der Waals surface area contributed by atoms with Gasteiger partial charge in [0, 0.05) is 17.0 Å². The van der Waals surface area contributed by atoms with Crippen LogP contribution in [0, 0.1) is 0 Å². The minimum atomic E-state index is -0.710. The molecule has 5 nitrogen and oxygen atoms in total. The average Bonchev–Trinajstić information content (AvgIpc) is 2.82. The van der Waals surface area contributed by atoms with Crippen LogP contribution < -0.4 is 5.32 Å². The average molecular weight is 328 g/mol. The van der Waals surface area contributed by atoms with E-state index >= 15 is 0 Å². The molecule has 2 aromatic rings. The van der Waals surface area contributed by atoms with Crippen molar-refractivity contribution in [1.82, 2.24) is 15.5 Å². The summed E-state index contributed by atoms with van der Waals surface area (Å²) in [5, 5.41) is 7.76. The van der Waals surface area contributed by atoms with Crippen molar-refractivity contribution in [1.29, 1.82) is 0 Å². The van der Waals surface area contributed by atoms with Crippen molar-refractivity contribution >= 4 is 29.1 Å². The smallest absolute Gasteiger partial charge is 0.231 e. The predicted octanol–water partition coefficient (Wildman–Crippen LogP) is 3.34. The fraction of sp³-hybridized carbons (Fsp3) is 0.357. The maximum atomic E-state index is 11.2. The number of nitrogens with zero attached hydrogens (tertiary/aromatic N) is 2. The molecule has 1 aromatic carbocycles. The highest BCUT2D eigenvalue weighted by Gasteiger charge is 2.27. The fourth-order valence-corrected chi connectivity index (χ4v) is 2.46. The zero-order chi connectivity index (χ0) is 15.6. The molecular weight excluding hydrogens is 313 g/mol. The summed E-state index contributed by atoms with van der Waals surface area (Å²) in [6, 6.07) is 5.27. The molecule has 0 saturated heterocycles. The number of hydrogen-bond donors (Lipinski definition) is 1. The largest absolute Gasteiger partial charge is 0.344 e. The molecule has 0 atom stereocenters. The van der Waals surface area contributed by atoms with Crippen molar-refractivity contribution in [3.63, 3.8) is 0 Å². The van der Waals surface area contributed by atoms with Crippen molar-refractivity contribution in [2.75, 3.05) is 0 Å². The van der Waals surface area contributed by atoms with Gasteiger partial charge in [0.05, 0.1) is 12.0 Å². The van der Waals surface area contributed by atoms with Gasteiger partial charge in [-0.2, -0.15) is 4.98 Å². The Kier molecular flexibility index (Phi) is 4.54. The summed E-state index contributed by atoms with van der Waals surface area (Å²) in [5.41, 5.74) is 0.0195. The number of benzene rings is 1. The van der Waals surface area contributed by atoms with E-state index in [0.29, 0.717) is 28.2 Å². The summed E-state index contributed by atoms with van der Waals surface area (Å²) in [6.45, 7) is 5.03. The normalized spacial score (nSPS) is 11.5. The standard InChI is InChI=1S/C14H15Cl2N3O2/c1-8(20)18-14(2,3)13-17-12(21-19-13)7-9-10(15)5-4-6-11(9)16/h4-6H,7H2,1-3H3,(H,18,20). The third-order valence-corrected chi connectivity index (χ3v) is 3.61. The van der Waals surface area contributed by atoms with Crippen LogP contribution in [-0.2, 0) is 16.8 Å². The van der Waals surface area contributed by atoms with Gasteiger partial charge >= 0.3 is 0 Å². The molecule has 1 amide bonds. The Morgan fingerprint density at radius 2 is 1.95 bits per heavy atom. The van der Waals surface area contributed by atoms with E-state index in [-0.39, 0.29) is 5.91 Å². The van der Waals surface area contributed by atoms with Crippen molar-refractivity contribution in [3.05, 3.63) is 45.5 Å². The second-order valence-corrected chi connectivity index (χ2v) is 6.01. The van der Waals surface area contributed by atoms with Crippen molar-refractivity contribution in [2.45, 2.75) is 32.7 Å². The molecule has 0 aliphatic carbocycles. The van der Waals surface area contributed by atoms with Gasteiger partial charge in [-0.3, -0.25) is 4.79 Å². The first-order chi connectivity index (χ1) is 9.79. The van der Waals surface area contributed by atoms with Crippen LogP contribution in [-0.4, -0.2) is 16.0 Å². The van der Waals surface area contributed by atoms with Crippen molar-refractivity contribution in [3.8, 4) is 0 Å². The van der Waals surface area contributed by atoms with Crippen LogP contribution in [0.1, 0.15) is 38.0 Å². The van der Waals surface area contributed by atoms with Gasteiger partial charge in [-0.15, -0.1) is 0 Å². The molecule has 0 aliphatic rings. The fourth-order valence-electron chi connectivity index (χ4n) is 1.93. The van der Waals surface area contributed by atoms with Gasteiger partial charge in [-0.05, 0) is 31.5 Å². The van der Waals surface area contributed by atoms with E-state index in [1.165, 1.54) is 6.92 Å². The Balaban J connectivity index is 2.23. The monoisotopic (exact) mass is 327 g/mol. The highest BCUT2D eigenvalue weighted by molar-refractivity contribution is 6.36. The molecule has 0 aliphatic heterocycles. The molecule has 1 aromatic heterocycles. The minimum Gasteiger partial charge on any atom is -0.344 e. The van der Waals surface area contributed by atoms with E-state index in [9.17, 15) is 4.79 Å². The zero-order valence-corrected chi connectivity index (χ0v) is 13.4. The molecule has 0 unspecified atom stereocenters. The molecule has 1 N–H and O–H groups in total. The maximum absolute atomic E-state index is 11.2. The Labute approximate surface area is 132 Å². The van der Waals surface area contributed by atoms with E-state index in [1.807, 2.05) is 0 Å².